The normalized spacial score (nSPS) is 10.9. The van der Waals surface area contributed by atoms with E-state index in [1.807, 2.05) is 0 Å². The van der Waals surface area contributed by atoms with Crippen molar-refractivity contribution >= 4 is 10.9 Å². The van der Waals surface area contributed by atoms with Crippen LogP contribution in [0.3, 0.4) is 0 Å². The molecule has 1 heteroatoms. The van der Waals surface area contributed by atoms with E-state index in [0.29, 0.717) is 0 Å². The summed E-state index contributed by atoms with van der Waals surface area (Å²) in [7, 11) is 0. The molecule has 0 bridgehead atoms. The van der Waals surface area contributed by atoms with Crippen molar-refractivity contribution < 1.29 is 0 Å². The molecule has 0 aliphatic rings. The van der Waals surface area contributed by atoms with Crippen molar-refractivity contribution in [3.8, 4) is 0 Å². The predicted octanol–water partition coefficient (Wildman–Crippen LogP) is 4.19. The molecule has 1 heterocycles. The maximum atomic E-state index is 2.34. The van der Waals surface area contributed by atoms with Crippen molar-refractivity contribution in [3.63, 3.8) is 0 Å². The van der Waals surface area contributed by atoms with Gasteiger partial charge in [-0.3, -0.25) is 0 Å². The average Bonchev–Trinajstić information content (AvgIpc) is 2.80. The first-order valence-electron chi connectivity index (χ1n) is 6.42. The minimum absolute atomic E-state index is 1.04. The quantitative estimate of drug-likeness (QED) is 0.641. The number of rotatable bonds is 3. The Hall–Kier alpha value is -2.02. The van der Waals surface area contributed by atoms with Crippen molar-refractivity contribution in [3.05, 3.63) is 71.9 Å². The Morgan fingerprint density at radius 3 is 2.61 bits per heavy atom. The van der Waals surface area contributed by atoms with Crippen LogP contribution in [0.4, 0.5) is 0 Å². The minimum atomic E-state index is 1.04. The molecule has 0 aliphatic carbocycles. The lowest BCUT2D eigenvalue weighted by molar-refractivity contribution is 0.723. The number of hydrogen-bond acceptors (Lipinski definition) is 0. The van der Waals surface area contributed by atoms with E-state index in [1.165, 1.54) is 22.0 Å². The molecule has 90 valence electrons. The summed E-state index contributed by atoms with van der Waals surface area (Å²) in [6.07, 6.45) is 3.27. The van der Waals surface area contributed by atoms with Gasteiger partial charge in [0.25, 0.3) is 0 Å². The van der Waals surface area contributed by atoms with Gasteiger partial charge in [0.05, 0.1) is 0 Å². The average molecular weight is 235 g/mol. The van der Waals surface area contributed by atoms with Crippen LogP contribution in [0.15, 0.2) is 60.8 Å². The van der Waals surface area contributed by atoms with Crippen LogP contribution in [0, 0.1) is 6.92 Å². The predicted molar refractivity (Wildman–Crippen MR) is 76.8 cm³/mol. The monoisotopic (exact) mass is 235 g/mol. The molecule has 0 saturated heterocycles. The maximum absolute atomic E-state index is 2.34. The number of nitrogens with zero attached hydrogens (tertiary/aromatic N) is 1. The molecule has 0 saturated carbocycles. The number of aromatic nitrogens is 1. The Labute approximate surface area is 108 Å². The molecule has 3 rings (SSSR count). The lowest BCUT2D eigenvalue weighted by Crippen LogP contribution is -1.99. The van der Waals surface area contributed by atoms with Gasteiger partial charge < -0.3 is 4.57 Å². The first-order chi connectivity index (χ1) is 8.83. The second-order valence-electron chi connectivity index (χ2n) is 4.81. The molecular formula is C17H17N. The Morgan fingerprint density at radius 2 is 1.78 bits per heavy atom. The van der Waals surface area contributed by atoms with E-state index in [2.05, 4.69) is 72.3 Å². The summed E-state index contributed by atoms with van der Waals surface area (Å²) in [5, 5.41) is 1.34. The lowest BCUT2D eigenvalue weighted by Gasteiger charge is -2.06. The molecule has 0 radical (unpaired) electrons. The van der Waals surface area contributed by atoms with Gasteiger partial charge >= 0.3 is 0 Å². The molecule has 0 unspecified atom stereocenters. The highest BCUT2D eigenvalue weighted by atomic mass is 14.9. The molecule has 0 spiro atoms. The third kappa shape index (κ3) is 2.17. The third-order valence-corrected chi connectivity index (χ3v) is 3.41. The summed E-state index contributed by atoms with van der Waals surface area (Å²) in [6.45, 7) is 3.18. The summed E-state index contributed by atoms with van der Waals surface area (Å²) in [5.41, 5.74) is 4.05. The van der Waals surface area contributed by atoms with Crippen LogP contribution in [-0.2, 0) is 13.0 Å². The summed E-state index contributed by atoms with van der Waals surface area (Å²) in [4.78, 5) is 0. The number of fused-ring (bicyclic) bond motifs is 1. The minimum Gasteiger partial charge on any atom is -0.347 e. The molecule has 3 aromatic rings. The first-order valence-corrected chi connectivity index (χ1v) is 6.42. The fourth-order valence-electron chi connectivity index (χ4n) is 2.41. The van der Waals surface area contributed by atoms with Gasteiger partial charge in [-0.15, -0.1) is 0 Å². The van der Waals surface area contributed by atoms with Gasteiger partial charge in [0, 0.05) is 18.3 Å². The van der Waals surface area contributed by atoms with Gasteiger partial charge in [-0.05, 0) is 42.5 Å². The zero-order chi connectivity index (χ0) is 12.4. The third-order valence-electron chi connectivity index (χ3n) is 3.41. The number of benzene rings is 2. The Kier molecular flexibility index (Phi) is 2.89. The van der Waals surface area contributed by atoms with Crippen molar-refractivity contribution in [2.24, 2.45) is 0 Å². The van der Waals surface area contributed by atoms with E-state index < -0.39 is 0 Å². The standard InChI is InChI=1S/C17H17N/c1-14-7-8-17-16(13-14)10-12-18(17)11-9-15-5-3-2-4-6-15/h2-8,10,12-13H,9,11H2,1H3. The molecular weight excluding hydrogens is 218 g/mol. The highest BCUT2D eigenvalue weighted by molar-refractivity contribution is 5.80. The zero-order valence-corrected chi connectivity index (χ0v) is 10.6. The SMILES string of the molecule is Cc1ccc2c(ccn2CCc2ccccc2)c1. The molecule has 18 heavy (non-hydrogen) atoms. The zero-order valence-electron chi connectivity index (χ0n) is 10.6. The molecule has 0 amide bonds. The number of hydrogen-bond donors (Lipinski definition) is 0. The van der Waals surface area contributed by atoms with Crippen LogP contribution in [0.25, 0.3) is 10.9 Å². The van der Waals surface area contributed by atoms with Crippen molar-refractivity contribution in [1.82, 2.24) is 4.57 Å². The molecule has 2 aromatic carbocycles. The van der Waals surface area contributed by atoms with Gasteiger partial charge in [0.2, 0.25) is 0 Å². The molecule has 1 aromatic heterocycles. The second kappa shape index (κ2) is 4.69. The van der Waals surface area contributed by atoms with Crippen LogP contribution in [0.1, 0.15) is 11.1 Å². The Bertz CT molecular complexity index is 650. The van der Waals surface area contributed by atoms with Crippen LogP contribution in [0.2, 0.25) is 0 Å². The Morgan fingerprint density at radius 1 is 0.944 bits per heavy atom. The van der Waals surface area contributed by atoms with Gasteiger partial charge in [-0.1, -0.05) is 42.0 Å². The van der Waals surface area contributed by atoms with E-state index in [0.717, 1.165) is 13.0 Å². The lowest BCUT2D eigenvalue weighted by atomic mass is 10.1. The fourth-order valence-corrected chi connectivity index (χ4v) is 2.41. The van der Waals surface area contributed by atoms with E-state index in [4.69, 9.17) is 0 Å². The first kappa shape index (κ1) is 11.1. The highest BCUT2D eigenvalue weighted by Gasteiger charge is 2.01. The highest BCUT2D eigenvalue weighted by Crippen LogP contribution is 2.17. The summed E-state index contributed by atoms with van der Waals surface area (Å²) < 4.78 is 2.34. The van der Waals surface area contributed by atoms with Gasteiger partial charge in [-0.25, -0.2) is 0 Å². The van der Waals surface area contributed by atoms with Crippen LogP contribution < -0.4 is 0 Å². The molecule has 0 N–H and O–H groups in total. The summed E-state index contributed by atoms with van der Waals surface area (Å²) >= 11 is 0. The van der Waals surface area contributed by atoms with Crippen LogP contribution in [-0.4, -0.2) is 4.57 Å². The molecule has 0 atom stereocenters. The van der Waals surface area contributed by atoms with Gasteiger partial charge in [0.1, 0.15) is 0 Å². The Balaban J connectivity index is 1.83. The van der Waals surface area contributed by atoms with Gasteiger partial charge in [0.15, 0.2) is 0 Å². The van der Waals surface area contributed by atoms with Crippen LogP contribution >= 0.6 is 0 Å². The van der Waals surface area contributed by atoms with Crippen molar-refractivity contribution in [1.29, 1.82) is 0 Å². The van der Waals surface area contributed by atoms with E-state index in [-0.39, 0.29) is 0 Å². The summed E-state index contributed by atoms with van der Waals surface area (Å²) in [6, 6.07) is 19.5. The maximum Gasteiger partial charge on any atom is 0.0480 e. The van der Waals surface area contributed by atoms with Crippen molar-refractivity contribution in [2.45, 2.75) is 19.9 Å². The van der Waals surface area contributed by atoms with E-state index >= 15 is 0 Å². The van der Waals surface area contributed by atoms with Gasteiger partial charge in [-0.2, -0.15) is 0 Å². The number of aryl methyl sites for hydroxylation is 3. The van der Waals surface area contributed by atoms with Crippen molar-refractivity contribution in [2.75, 3.05) is 0 Å². The largest absolute Gasteiger partial charge is 0.347 e. The van der Waals surface area contributed by atoms with E-state index in [9.17, 15) is 0 Å². The smallest absolute Gasteiger partial charge is 0.0480 e. The topological polar surface area (TPSA) is 4.93 Å². The molecule has 1 nitrogen and oxygen atoms in total. The molecule has 0 fully saturated rings. The van der Waals surface area contributed by atoms with E-state index in [1.54, 1.807) is 0 Å². The van der Waals surface area contributed by atoms with Crippen LogP contribution in [0.5, 0.6) is 0 Å². The summed E-state index contributed by atoms with van der Waals surface area (Å²) in [5.74, 6) is 0. The molecule has 0 aliphatic heterocycles. The fraction of sp³-hybridized carbons (Fsp3) is 0.176. The second-order valence-corrected chi connectivity index (χ2v) is 4.81.